The minimum Gasteiger partial charge on any atom is -0.456 e. The number of aryl methyl sites for hydroxylation is 2. The Hall–Kier alpha value is -4.99. The molecule has 2 aromatic carbocycles. The molecule has 3 amide bonds. The zero-order chi connectivity index (χ0) is 35.4. The number of carbonyl (C=O) groups excluding carboxylic acids is 4. The largest absolute Gasteiger partial charge is 0.456 e. The van der Waals surface area contributed by atoms with Gasteiger partial charge in [0.25, 0.3) is 17.7 Å². The van der Waals surface area contributed by atoms with Gasteiger partial charge in [0.1, 0.15) is 17.9 Å². The number of hydrogen-bond acceptors (Lipinski definition) is 7. The van der Waals surface area contributed by atoms with Crippen molar-refractivity contribution in [2.75, 3.05) is 32.0 Å². The highest BCUT2D eigenvalue weighted by Gasteiger charge is 2.32. The first-order valence-electron chi connectivity index (χ1n) is 17.2. The first-order valence-corrected chi connectivity index (χ1v) is 16.2. The zero-order valence-corrected chi connectivity index (χ0v) is 27.7. The van der Waals surface area contributed by atoms with E-state index in [1.54, 1.807) is 18.0 Å². The molecular weight excluding hydrogens is 596 g/mol. The third kappa shape index (κ3) is 7.21. The molecule has 2 aliphatic heterocycles. The van der Waals surface area contributed by atoms with Crippen LogP contribution in [0.3, 0.4) is 0 Å². The van der Waals surface area contributed by atoms with Gasteiger partial charge in [-0.25, -0.2) is 9.79 Å². The predicted octanol–water partition coefficient (Wildman–Crippen LogP) is 4.49. The SMILES string of the molecule is [2H]c1c2oc3c([2H])c(NCC)c(C)cc3c(-c3ccccc3C(=O)N(C)CCCCCC(=O)ON3C(=O)CCC3=O)c-2cc(C)c1=[NH+]CC. The van der Waals surface area contributed by atoms with Crippen molar-refractivity contribution in [3.8, 4) is 22.5 Å². The Morgan fingerprint density at radius 3 is 2.49 bits per heavy atom. The van der Waals surface area contributed by atoms with Crippen LogP contribution in [0.2, 0.25) is 0 Å². The number of fused-ring (bicyclic) bond motifs is 2. The summed E-state index contributed by atoms with van der Waals surface area (Å²) in [7, 11) is 1.73. The molecule has 3 aliphatic rings. The van der Waals surface area contributed by atoms with Crippen LogP contribution in [0.5, 0.6) is 0 Å². The minimum atomic E-state index is -0.636. The van der Waals surface area contributed by atoms with Gasteiger partial charge in [0.15, 0.2) is 0 Å². The summed E-state index contributed by atoms with van der Waals surface area (Å²) in [6.07, 6.45) is 1.88. The second kappa shape index (κ2) is 14.6. The van der Waals surface area contributed by atoms with Gasteiger partial charge in [0.2, 0.25) is 5.36 Å². The molecule has 0 radical (unpaired) electrons. The van der Waals surface area contributed by atoms with Gasteiger partial charge >= 0.3 is 5.97 Å². The lowest BCUT2D eigenvalue weighted by Crippen LogP contribution is -2.76. The van der Waals surface area contributed by atoms with Crippen LogP contribution in [-0.2, 0) is 19.2 Å². The number of nitrogens with zero attached hydrogens (tertiary/aromatic N) is 2. The summed E-state index contributed by atoms with van der Waals surface area (Å²) in [5, 5.41) is 5.17. The van der Waals surface area contributed by atoms with Crippen molar-refractivity contribution in [3.05, 3.63) is 70.5 Å². The quantitative estimate of drug-likeness (QED) is 0.133. The van der Waals surface area contributed by atoms with Gasteiger partial charge in [-0.15, -0.1) is 5.06 Å². The molecule has 246 valence electrons. The molecule has 1 fully saturated rings. The van der Waals surface area contributed by atoms with E-state index < -0.39 is 17.8 Å². The molecule has 0 bridgehead atoms. The van der Waals surface area contributed by atoms with E-state index >= 15 is 0 Å². The number of rotatable bonds is 12. The molecule has 47 heavy (non-hydrogen) atoms. The Labute approximate surface area is 277 Å². The van der Waals surface area contributed by atoms with E-state index in [1.165, 1.54) is 0 Å². The molecule has 5 rings (SSSR count). The molecule has 2 heterocycles. The van der Waals surface area contributed by atoms with Crippen molar-refractivity contribution in [3.63, 3.8) is 0 Å². The van der Waals surface area contributed by atoms with Crippen molar-refractivity contribution in [1.82, 2.24) is 9.96 Å². The van der Waals surface area contributed by atoms with Crippen LogP contribution in [0, 0.1) is 13.8 Å². The van der Waals surface area contributed by atoms with Gasteiger partial charge in [0.05, 0.1) is 8.78 Å². The van der Waals surface area contributed by atoms with Crippen LogP contribution in [0.15, 0.2) is 52.9 Å². The summed E-state index contributed by atoms with van der Waals surface area (Å²) in [5.74, 6) is -1.51. The fraction of sp³-hybridized carbons (Fsp3) is 0.378. The molecule has 10 nitrogen and oxygen atoms in total. The monoisotopic (exact) mass is 641 g/mol. The first-order chi connectivity index (χ1) is 23.5. The number of hydroxylamine groups is 2. The summed E-state index contributed by atoms with van der Waals surface area (Å²) >= 11 is 0. The maximum absolute atomic E-state index is 14.0. The Morgan fingerprint density at radius 2 is 1.77 bits per heavy atom. The lowest BCUT2D eigenvalue weighted by molar-refractivity contribution is -0.496. The van der Waals surface area contributed by atoms with Crippen molar-refractivity contribution in [1.29, 1.82) is 0 Å². The number of anilines is 1. The molecule has 1 aliphatic carbocycles. The smallest absolute Gasteiger partial charge is 0.333 e. The normalized spacial score (nSPS) is 14.1. The van der Waals surface area contributed by atoms with Gasteiger partial charge in [-0.2, -0.15) is 0 Å². The van der Waals surface area contributed by atoms with E-state index in [-0.39, 0.29) is 37.3 Å². The second-order valence-electron chi connectivity index (χ2n) is 11.8. The summed E-state index contributed by atoms with van der Waals surface area (Å²) < 4.78 is 24.6. The zero-order valence-electron chi connectivity index (χ0n) is 29.7. The standard InChI is InChI=1S/C37H42N4O6/c1-6-38-29-21-31-27(19-23(29)3)36(28-20-24(4)30(39-7-2)22-32(28)46-31)25-13-10-11-14-26(25)37(45)40(5)18-12-8-9-15-35(44)47-41-33(42)16-17-34(41)43/h10-11,13-14,19-22,38H,6-9,12,15-18H2,1-5H3/p+1/i21D,22D. The van der Waals surface area contributed by atoms with Crippen molar-refractivity contribution >= 4 is 40.3 Å². The van der Waals surface area contributed by atoms with E-state index in [4.69, 9.17) is 12.0 Å². The Bertz CT molecular complexity index is 1970. The maximum Gasteiger partial charge on any atom is 0.333 e. The third-order valence-corrected chi connectivity index (χ3v) is 8.27. The Kier molecular flexibility index (Phi) is 9.53. The van der Waals surface area contributed by atoms with Crippen LogP contribution in [0.1, 0.15) is 76.6 Å². The molecule has 0 unspecified atom stereocenters. The Morgan fingerprint density at radius 1 is 1.02 bits per heavy atom. The lowest BCUT2D eigenvalue weighted by atomic mass is 9.89. The highest BCUT2D eigenvalue weighted by atomic mass is 16.7. The summed E-state index contributed by atoms with van der Waals surface area (Å²) in [5.41, 5.74) is 5.27. The van der Waals surface area contributed by atoms with E-state index in [1.807, 2.05) is 58.0 Å². The highest BCUT2D eigenvalue weighted by molar-refractivity contribution is 6.09. The molecule has 0 atom stereocenters. The first kappa shape index (κ1) is 30.7. The molecule has 0 aromatic heterocycles. The Balaban J connectivity index is 1.46. The number of unbranched alkanes of at least 4 members (excludes halogenated alkanes) is 2. The van der Waals surface area contributed by atoms with E-state index in [0.717, 1.165) is 16.7 Å². The van der Waals surface area contributed by atoms with Crippen molar-refractivity contribution < 1.29 is 36.2 Å². The van der Waals surface area contributed by atoms with Gasteiger partial charge in [-0.05, 0) is 69.9 Å². The van der Waals surface area contributed by atoms with E-state index in [2.05, 4.69) is 10.3 Å². The number of amides is 3. The number of nitrogens with one attached hydrogen (secondary N) is 2. The summed E-state index contributed by atoms with van der Waals surface area (Å²) in [6.45, 7) is 9.49. The van der Waals surface area contributed by atoms with Crippen molar-refractivity contribution in [2.24, 2.45) is 0 Å². The summed E-state index contributed by atoms with van der Waals surface area (Å²) in [4.78, 5) is 59.4. The lowest BCUT2D eigenvalue weighted by Gasteiger charge is -2.22. The fourth-order valence-corrected chi connectivity index (χ4v) is 5.85. The van der Waals surface area contributed by atoms with Crippen LogP contribution < -0.4 is 15.7 Å². The topological polar surface area (TPSA) is 123 Å². The highest BCUT2D eigenvalue weighted by Crippen LogP contribution is 2.43. The van der Waals surface area contributed by atoms with E-state index in [9.17, 15) is 19.2 Å². The fourth-order valence-electron chi connectivity index (χ4n) is 5.85. The molecule has 2 aromatic rings. The number of benzene rings is 3. The number of carbonyl (C=O) groups is 4. The summed E-state index contributed by atoms with van der Waals surface area (Å²) in [6, 6.07) is 11.7. The predicted molar refractivity (Wildman–Crippen MR) is 179 cm³/mol. The van der Waals surface area contributed by atoms with Gasteiger partial charge < -0.3 is 19.5 Å². The average Bonchev–Trinajstić information content (AvgIpc) is 3.39. The molecule has 0 saturated carbocycles. The molecular formula is C37H43N4O6+. The molecule has 2 N–H and O–H groups in total. The van der Waals surface area contributed by atoms with Gasteiger partial charge in [-0.3, -0.25) is 14.4 Å². The van der Waals surface area contributed by atoms with Crippen LogP contribution in [0.4, 0.5) is 5.69 Å². The van der Waals surface area contributed by atoms with Crippen LogP contribution in [0.25, 0.3) is 33.4 Å². The maximum atomic E-state index is 14.0. The molecule has 0 spiro atoms. The minimum absolute atomic E-state index is 0.0478. The van der Waals surface area contributed by atoms with Gasteiger partial charge in [-0.1, -0.05) is 24.6 Å². The van der Waals surface area contributed by atoms with Gasteiger partial charge in [0, 0.05) is 78.8 Å². The third-order valence-electron chi connectivity index (χ3n) is 8.27. The number of hydrogen-bond donors (Lipinski definition) is 2. The molecule has 10 heteroatoms. The van der Waals surface area contributed by atoms with Crippen molar-refractivity contribution in [2.45, 2.75) is 66.2 Å². The van der Waals surface area contributed by atoms with Crippen LogP contribution >= 0.6 is 0 Å². The second-order valence-corrected chi connectivity index (χ2v) is 11.8. The molecule has 1 saturated heterocycles. The van der Waals surface area contributed by atoms with Crippen LogP contribution in [-0.4, -0.2) is 60.3 Å². The van der Waals surface area contributed by atoms with E-state index in [0.29, 0.717) is 88.4 Å². The number of imide groups is 1. The average molecular weight is 642 g/mol.